The SMILES string of the molecule is CCC(CNC(=O)C(C)C)CC(F)(F)F. The number of halogens is 3. The summed E-state index contributed by atoms with van der Waals surface area (Å²) in [6.45, 7) is 5.21. The monoisotopic (exact) mass is 225 g/mol. The maximum absolute atomic E-state index is 12.1. The molecule has 0 saturated heterocycles. The molecule has 0 aliphatic heterocycles. The van der Waals surface area contributed by atoms with Crippen LogP contribution in [0.1, 0.15) is 33.6 Å². The Kier molecular flexibility index (Phi) is 5.68. The number of alkyl halides is 3. The minimum absolute atomic E-state index is 0.104. The van der Waals surface area contributed by atoms with E-state index in [4.69, 9.17) is 0 Å². The quantitative estimate of drug-likeness (QED) is 0.765. The van der Waals surface area contributed by atoms with Crippen molar-refractivity contribution >= 4 is 5.91 Å². The molecular weight excluding hydrogens is 207 g/mol. The molecule has 1 atom stereocenters. The van der Waals surface area contributed by atoms with E-state index in [1.54, 1.807) is 20.8 Å². The van der Waals surface area contributed by atoms with Crippen molar-refractivity contribution in [2.24, 2.45) is 11.8 Å². The summed E-state index contributed by atoms with van der Waals surface area (Å²) in [5, 5.41) is 2.52. The lowest BCUT2D eigenvalue weighted by Gasteiger charge is -2.18. The van der Waals surface area contributed by atoms with Gasteiger partial charge in [0, 0.05) is 18.9 Å². The van der Waals surface area contributed by atoms with E-state index in [9.17, 15) is 18.0 Å². The average molecular weight is 225 g/mol. The summed E-state index contributed by atoms with van der Waals surface area (Å²) in [6, 6.07) is 0. The number of hydrogen-bond acceptors (Lipinski definition) is 1. The third kappa shape index (κ3) is 7.22. The third-order valence-corrected chi connectivity index (χ3v) is 2.19. The highest BCUT2D eigenvalue weighted by molar-refractivity contribution is 5.77. The van der Waals surface area contributed by atoms with E-state index in [1.807, 2.05) is 0 Å². The Morgan fingerprint density at radius 3 is 2.20 bits per heavy atom. The molecule has 0 fully saturated rings. The number of hydrogen-bond donors (Lipinski definition) is 1. The molecular formula is C10H18F3NO. The number of nitrogens with one attached hydrogen (secondary N) is 1. The predicted octanol–water partition coefficient (Wildman–Crippen LogP) is 2.74. The van der Waals surface area contributed by atoms with Crippen molar-refractivity contribution in [2.45, 2.75) is 39.8 Å². The smallest absolute Gasteiger partial charge is 0.356 e. The van der Waals surface area contributed by atoms with Gasteiger partial charge in [-0.25, -0.2) is 0 Å². The van der Waals surface area contributed by atoms with Gasteiger partial charge in [0.2, 0.25) is 5.91 Å². The molecule has 1 unspecified atom stereocenters. The summed E-state index contributed by atoms with van der Waals surface area (Å²) in [7, 11) is 0. The number of rotatable bonds is 5. The fourth-order valence-electron chi connectivity index (χ4n) is 1.14. The topological polar surface area (TPSA) is 29.1 Å². The van der Waals surface area contributed by atoms with Gasteiger partial charge in [0.15, 0.2) is 0 Å². The summed E-state index contributed by atoms with van der Waals surface area (Å²) < 4.78 is 36.2. The third-order valence-electron chi connectivity index (χ3n) is 2.19. The molecule has 0 aliphatic rings. The van der Waals surface area contributed by atoms with Gasteiger partial charge >= 0.3 is 6.18 Å². The highest BCUT2D eigenvalue weighted by Crippen LogP contribution is 2.26. The Morgan fingerprint density at radius 1 is 1.33 bits per heavy atom. The van der Waals surface area contributed by atoms with Crippen LogP contribution in [0.15, 0.2) is 0 Å². The molecule has 2 nitrogen and oxygen atoms in total. The van der Waals surface area contributed by atoms with Crippen molar-refractivity contribution in [3.8, 4) is 0 Å². The van der Waals surface area contributed by atoms with Gasteiger partial charge in [0.1, 0.15) is 0 Å². The molecule has 0 rings (SSSR count). The van der Waals surface area contributed by atoms with Crippen LogP contribution in [-0.4, -0.2) is 18.6 Å². The lowest BCUT2D eigenvalue weighted by atomic mass is 10.0. The second kappa shape index (κ2) is 5.98. The van der Waals surface area contributed by atoms with E-state index < -0.39 is 18.5 Å². The maximum Gasteiger partial charge on any atom is 0.389 e. The van der Waals surface area contributed by atoms with Crippen LogP contribution in [0.4, 0.5) is 13.2 Å². The van der Waals surface area contributed by atoms with E-state index in [2.05, 4.69) is 5.32 Å². The van der Waals surface area contributed by atoms with Gasteiger partial charge in [-0.2, -0.15) is 13.2 Å². The zero-order valence-corrected chi connectivity index (χ0v) is 9.32. The van der Waals surface area contributed by atoms with Crippen molar-refractivity contribution in [1.82, 2.24) is 5.32 Å². The Morgan fingerprint density at radius 2 is 1.87 bits per heavy atom. The van der Waals surface area contributed by atoms with Crippen LogP contribution in [0.5, 0.6) is 0 Å². The molecule has 0 radical (unpaired) electrons. The standard InChI is InChI=1S/C10H18F3NO/c1-4-8(5-10(11,12)13)6-14-9(15)7(2)3/h7-8H,4-6H2,1-3H3,(H,14,15). The summed E-state index contributed by atoms with van der Waals surface area (Å²) >= 11 is 0. The van der Waals surface area contributed by atoms with Crippen LogP contribution in [0, 0.1) is 11.8 Å². The van der Waals surface area contributed by atoms with Gasteiger partial charge in [-0.05, 0) is 5.92 Å². The van der Waals surface area contributed by atoms with Crippen LogP contribution in [0.3, 0.4) is 0 Å². The molecule has 1 N–H and O–H groups in total. The Balaban J connectivity index is 3.96. The van der Waals surface area contributed by atoms with E-state index in [0.29, 0.717) is 6.42 Å². The normalized spacial score (nSPS) is 14.1. The first-order valence-corrected chi connectivity index (χ1v) is 5.10. The van der Waals surface area contributed by atoms with Crippen molar-refractivity contribution in [1.29, 1.82) is 0 Å². The maximum atomic E-state index is 12.1. The first-order valence-electron chi connectivity index (χ1n) is 5.10. The van der Waals surface area contributed by atoms with Crippen molar-refractivity contribution < 1.29 is 18.0 Å². The van der Waals surface area contributed by atoms with Gasteiger partial charge in [-0.1, -0.05) is 27.2 Å². The highest BCUT2D eigenvalue weighted by Gasteiger charge is 2.31. The van der Waals surface area contributed by atoms with E-state index in [0.717, 1.165) is 0 Å². The molecule has 0 bridgehead atoms. The average Bonchev–Trinajstić information content (AvgIpc) is 2.09. The molecule has 15 heavy (non-hydrogen) atoms. The predicted molar refractivity (Wildman–Crippen MR) is 52.3 cm³/mol. The highest BCUT2D eigenvalue weighted by atomic mass is 19.4. The van der Waals surface area contributed by atoms with Gasteiger partial charge in [0.05, 0.1) is 0 Å². The summed E-state index contributed by atoms with van der Waals surface area (Å²) in [4.78, 5) is 11.1. The van der Waals surface area contributed by atoms with Gasteiger partial charge < -0.3 is 5.32 Å². The van der Waals surface area contributed by atoms with Gasteiger partial charge in [0.25, 0.3) is 0 Å². The first kappa shape index (κ1) is 14.3. The molecule has 0 heterocycles. The lowest BCUT2D eigenvalue weighted by molar-refractivity contribution is -0.145. The van der Waals surface area contributed by atoms with Crippen LogP contribution >= 0.6 is 0 Å². The fraction of sp³-hybridized carbons (Fsp3) is 0.900. The Hall–Kier alpha value is -0.740. The van der Waals surface area contributed by atoms with Crippen LogP contribution in [0.2, 0.25) is 0 Å². The lowest BCUT2D eigenvalue weighted by Crippen LogP contribution is -2.33. The summed E-state index contributed by atoms with van der Waals surface area (Å²) in [6.07, 6.45) is -4.57. The van der Waals surface area contributed by atoms with Crippen molar-refractivity contribution in [3.63, 3.8) is 0 Å². The first-order chi connectivity index (χ1) is 6.76. The van der Waals surface area contributed by atoms with E-state index in [1.165, 1.54) is 0 Å². The zero-order chi connectivity index (χ0) is 12.1. The minimum Gasteiger partial charge on any atom is -0.356 e. The summed E-state index contributed by atoms with van der Waals surface area (Å²) in [5.74, 6) is -0.906. The second-order valence-electron chi connectivity index (χ2n) is 3.99. The second-order valence-corrected chi connectivity index (χ2v) is 3.99. The zero-order valence-electron chi connectivity index (χ0n) is 9.32. The largest absolute Gasteiger partial charge is 0.389 e. The number of carbonyl (C=O) groups excluding carboxylic acids is 1. The van der Waals surface area contributed by atoms with Crippen LogP contribution in [0.25, 0.3) is 0 Å². The van der Waals surface area contributed by atoms with Crippen LogP contribution < -0.4 is 5.32 Å². The number of carbonyl (C=O) groups is 1. The Labute approximate surface area is 88.2 Å². The Bertz CT molecular complexity index is 201. The molecule has 5 heteroatoms. The van der Waals surface area contributed by atoms with E-state index in [-0.39, 0.29) is 18.4 Å². The summed E-state index contributed by atoms with van der Waals surface area (Å²) in [5.41, 5.74) is 0. The van der Waals surface area contributed by atoms with Crippen molar-refractivity contribution in [2.75, 3.05) is 6.54 Å². The number of amides is 1. The van der Waals surface area contributed by atoms with Crippen molar-refractivity contribution in [3.05, 3.63) is 0 Å². The molecule has 0 aromatic heterocycles. The van der Waals surface area contributed by atoms with Gasteiger partial charge in [-0.3, -0.25) is 4.79 Å². The molecule has 1 amide bonds. The fourth-order valence-corrected chi connectivity index (χ4v) is 1.14. The molecule has 90 valence electrons. The van der Waals surface area contributed by atoms with E-state index >= 15 is 0 Å². The molecule has 0 aromatic rings. The molecule has 0 spiro atoms. The molecule has 0 aliphatic carbocycles. The minimum atomic E-state index is -4.15. The van der Waals surface area contributed by atoms with Gasteiger partial charge in [-0.15, -0.1) is 0 Å². The molecule has 0 saturated carbocycles. The molecule has 0 aromatic carbocycles. The van der Waals surface area contributed by atoms with Crippen LogP contribution in [-0.2, 0) is 4.79 Å².